The Kier molecular flexibility index (Phi) is 2.03. The molecule has 0 spiro atoms. The summed E-state index contributed by atoms with van der Waals surface area (Å²) in [6.07, 6.45) is 4.19. The summed E-state index contributed by atoms with van der Waals surface area (Å²) < 4.78 is 0. The molecule has 2 heteroatoms. The fraction of sp³-hybridized carbons (Fsp3) is 0.500. The Bertz CT molecular complexity index is 357. The van der Waals surface area contributed by atoms with Crippen molar-refractivity contribution in [2.24, 2.45) is 5.92 Å². The summed E-state index contributed by atoms with van der Waals surface area (Å²) in [5.41, 5.74) is 2.88. The van der Waals surface area contributed by atoms with Gasteiger partial charge in [0.25, 0.3) is 0 Å². The average molecular weight is 208 g/mol. The van der Waals surface area contributed by atoms with Crippen LogP contribution in [0.5, 0.6) is 0 Å². The molecule has 14 heavy (non-hydrogen) atoms. The lowest BCUT2D eigenvalue weighted by Gasteiger charge is -2.31. The molecule has 74 valence electrons. The van der Waals surface area contributed by atoms with E-state index in [2.05, 4.69) is 17.4 Å². The van der Waals surface area contributed by atoms with Crippen molar-refractivity contribution in [3.8, 4) is 0 Å². The van der Waals surface area contributed by atoms with Gasteiger partial charge in [-0.05, 0) is 42.0 Å². The number of hydrogen-bond acceptors (Lipinski definition) is 1. The van der Waals surface area contributed by atoms with Crippen molar-refractivity contribution in [2.45, 2.75) is 31.8 Å². The van der Waals surface area contributed by atoms with Crippen LogP contribution in [-0.4, -0.2) is 0 Å². The van der Waals surface area contributed by atoms with Gasteiger partial charge in [0, 0.05) is 17.6 Å². The van der Waals surface area contributed by atoms with Crippen molar-refractivity contribution in [3.05, 3.63) is 34.3 Å². The molecule has 1 unspecified atom stereocenters. The molecular weight excluding hydrogens is 194 g/mol. The average Bonchev–Trinajstić information content (AvgIpc) is 2.45. The summed E-state index contributed by atoms with van der Waals surface area (Å²) in [6.45, 7) is 0.997. The van der Waals surface area contributed by atoms with Gasteiger partial charge in [-0.25, -0.2) is 0 Å². The van der Waals surface area contributed by atoms with E-state index in [1.807, 2.05) is 6.07 Å². The number of hydrogen-bond donors (Lipinski definition) is 1. The molecule has 1 heterocycles. The minimum atomic E-state index is 0.607. The zero-order valence-electron chi connectivity index (χ0n) is 8.09. The molecule has 1 nitrogen and oxygen atoms in total. The molecule has 1 N–H and O–H groups in total. The summed E-state index contributed by atoms with van der Waals surface area (Å²) in [5.74, 6) is 0.873. The summed E-state index contributed by atoms with van der Waals surface area (Å²) in [7, 11) is 0. The van der Waals surface area contributed by atoms with Crippen LogP contribution in [0, 0.1) is 5.92 Å². The molecule has 2 aliphatic rings. The lowest BCUT2D eigenvalue weighted by Crippen LogP contribution is -2.26. The number of nitrogens with one attached hydrogen (secondary N) is 1. The van der Waals surface area contributed by atoms with Gasteiger partial charge in [-0.15, -0.1) is 0 Å². The Hall–Kier alpha value is -0.530. The number of benzene rings is 1. The van der Waals surface area contributed by atoms with Crippen molar-refractivity contribution in [1.29, 1.82) is 0 Å². The molecule has 1 aliphatic carbocycles. The molecular formula is C12H14ClN. The van der Waals surface area contributed by atoms with Crippen LogP contribution in [0.4, 0.5) is 0 Å². The number of fused-ring (bicyclic) bond motifs is 1. The lowest BCUT2D eigenvalue weighted by molar-refractivity contribution is 0.240. The van der Waals surface area contributed by atoms with Crippen LogP contribution >= 0.6 is 11.6 Å². The van der Waals surface area contributed by atoms with Gasteiger partial charge in [0.1, 0.15) is 0 Å². The van der Waals surface area contributed by atoms with Crippen LogP contribution in [0.15, 0.2) is 18.2 Å². The summed E-state index contributed by atoms with van der Waals surface area (Å²) in [5, 5.41) is 4.45. The monoisotopic (exact) mass is 207 g/mol. The minimum absolute atomic E-state index is 0.607. The predicted octanol–water partition coefficient (Wildman–Crippen LogP) is 3.28. The van der Waals surface area contributed by atoms with Gasteiger partial charge < -0.3 is 5.32 Å². The molecule has 1 atom stereocenters. The lowest BCUT2D eigenvalue weighted by atomic mass is 9.77. The van der Waals surface area contributed by atoms with Gasteiger partial charge in [0.05, 0.1) is 0 Å². The van der Waals surface area contributed by atoms with Crippen LogP contribution in [0.2, 0.25) is 5.02 Å². The first kappa shape index (κ1) is 8.75. The Morgan fingerprint density at radius 2 is 2.14 bits per heavy atom. The molecule has 1 aromatic rings. The summed E-state index contributed by atoms with van der Waals surface area (Å²) >= 11 is 5.97. The van der Waals surface area contributed by atoms with Gasteiger partial charge in [-0.3, -0.25) is 0 Å². The van der Waals surface area contributed by atoms with E-state index >= 15 is 0 Å². The van der Waals surface area contributed by atoms with Gasteiger partial charge in [-0.2, -0.15) is 0 Å². The SMILES string of the molecule is Clc1ccc2c(c1)CNC2C1CCC1. The molecule has 0 aromatic heterocycles. The second-order valence-electron chi connectivity index (χ2n) is 4.39. The predicted molar refractivity (Wildman–Crippen MR) is 58.4 cm³/mol. The second-order valence-corrected chi connectivity index (χ2v) is 4.83. The van der Waals surface area contributed by atoms with Gasteiger partial charge in [-0.1, -0.05) is 24.1 Å². The maximum Gasteiger partial charge on any atom is 0.0409 e. The maximum atomic E-state index is 5.97. The highest BCUT2D eigenvalue weighted by Gasteiger charge is 2.32. The van der Waals surface area contributed by atoms with Crippen LogP contribution in [0.25, 0.3) is 0 Å². The summed E-state index contributed by atoms with van der Waals surface area (Å²) in [4.78, 5) is 0. The second kappa shape index (κ2) is 3.25. The highest BCUT2D eigenvalue weighted by molar-refractivity contribution is 6.30. The van der Waals surface area contributed by atoms with E-state index in [9.17, 15) is 0 Å². The van der Waals surface area contributed by atoms with E-state index < -0.39 is 0 Å². The molecule has 1 saturated carbocycles. The Morgan fingerprint density at radius 3 is 2.86 bits per heavy atom. The van der Waals surface area contributed by atoms with Crippen molar-refractivity contribution in [1.82, 2.24) is 5.32 Å². The summed E-state index contributed by atoms with van der Waals surface area (Å²) in [6, 6.07) is 6.92. The topological polar surface area (TPSA) is 12.0 Å². The third kappa shape index (κ3) is 1.27. The third-order valence-electron chi connectivity index (χ3n) is 3.57. The number of rotatable bonds is 1. The normalized spacial score (nSPS) is 25.9. The zero-order chi connectivity index (χ0) is 9.54. The van der Waals surface area contributed by atoms with E-state index in [-0.39, 0.29) is 0 Å². The van der Waals surface area contributed by atoms with Crippen LogP contribution in [0.3, 0.4) is 0 Å². The fourth-order valence-electron chi connectivity index (χ4n) is 2.55. The van der Waals surface area contributed by atoms with E-state index in [4.69, 9.17) is 11.6 Å². The van der Waals surface area contributed by atoms with Crippen molar-refractivity contribution in [2.75, 3.05) is 0 Å². The first-order chi connectivity index (χ1) is 6.84. The minimum Gasteiger partial charge on any atom is -0.306 e. The quantitative estimate of drug-likeness (QED) is 0.745. The first-order valence-corrected chi connectivity index (χ1v) is 5.74. The largest absolute Gasteiger partial charge is 0.306 e. The molecule has 1 aliphatic heterocycles. The third-order valence-corrected chi connectivity index (χ3v) is 3.81. The molecule has 1 fully saturated rings. The van der Waals surface area contributed by atoms with Crippen LogP contribution in [-0.2, 0) is 6.54 Å². The van der Waals surface area contributed by atoms with Crippen LogP contribution < -0.4 is 5.32 Å². The van der Waals surface area contributed by atoms with Crippen molar-refractivity contribution >= 4 is 11.6 Å². The van der Waals surface area contributed by atoms with E-state index in [1.54, 1.807) is 0 Å². The van der Waals surface area contributed by atoms with Crippen LogP contribution in [0.1, 0.15) is 36.4 Å². The van der Waals surface area contributed by atoms with Gasteiger partial charge >= 0.3 is 0 Å². The van der Waals surface area contributed by atoms with E-state index in [1.165, 1.54) is 30.4 Å². The molecule has 0 radical (unpaired) electrons. The molecule has 0 amide bonds. The fourth-order valence-corrected chi connectivity index (χ4v) is 2.75. The Labute approximate surface area is 89.5 Å². The molecule has 0 saturated heterocycles. The standard InChI is InChI=1S/C12H14ClN/c13-10-4-5-11-9(6-10)7-14-12(11)8-2-1-3-8/h4-6,8,12,14H,1-3,7H2. The molecule has 3 rings (SSSR count). The van der Waals surface area contributed by atoms with Crippen molar-refractivity contribution < 1.29 is 0 Å². The zero-order valence-corrected chi connectivity index (χ0v) is 8.85. The smallest absolute Gasteiger partial charge is 0.0409 e. The van der Waals surface area contributed by atoms with Gasteiger partial charge in [0.15, 0.2) is 0 Å². The van der Waals surface area contributed by atoms with E-state index in [0.717, 1.165) is 17.5 Å². The number of halogens is 1. The maximum absolute atomic E-state index is 5.97. The first-order valence-electron chi connectivity index (χ1n) is 5.36. The van der Waals surface area contributed by atoms with Gasteiger partial charge in [0.2, 0.25) is 0 Å². The molecule has 0 bridgehead atoms. The van der Waals surface area contributed by atoms with E-state index in [0.29, 0.717) is 6.04 Å². The highest BCUT2D eigenvalue weighted by Crippen LogP contribution is 2.41. The van der Waals surface area contributed by atoms with Crippen molar-refractivity contribution in [3.63, 3.8) is 0 Å². The highest BCUT2D eigenvalue weighted by atomic mass is 35.5. The molecule has 1 aromatic carbocycles. The Balaban J connectivity index is 1.93. The Morgan fingerprint density at radius 1 is 1.29 bits per heavy atom.